The zero-order valence-corrected chi connectivity index (χ0v) is 13.8. The van der Waals surface area contributed by atoms with Crippen molar-refractivity contribution in [2.75, 3.05) is 6.54 Å². The molecule has 1 aliphatic heterocycles. The fourth-order valence-electron chi connectivity index (χ4n) is 2.65. The molecule has 1 fully saturated rings. The molecule has 1 aromatic carbocycles. The third-order valence-corrected chi connectivity index (χ3v) is 4.09. The normalized spacial score (nSPS) is 17.9. The first-order valence-electron chi connectivity index (χ1n) is 7.19. The number of carbonyl (C=O) groups is 1. The lowest BCUT2D eigenvalue weighted by Gasteiger charge is -2.07. The number of halogens is 1. The molecule has 4 heteroatoms. The van der Waals surface area contributed by atoms with Gasteiger partial charge in [-0.15, -0.1) is 0 Å². The van der Waals surface area contributed by atoms with E-state index in [4.69, 9.17) is 0 Å². The monoisotopic (exact) mass is 336 g/mol. The number of hydrogen-bond acceptors (Lipinski definition) is 2. The number of rotatable bonds is 2. The highest BCUT2D eigenvalue weighted by molar-refractivity contribution is 9.10. The molecule has 1 saturated heterocycles. The molecule has 1 aliphatic rings. The third-order valence-electron chi connectivity index (χ3n) is 3.59. The van der Waals surface area contributed by atoms with Crippen LogP contribution in [0.3, 0.4) is 0 Å². The van der Waals surface area contributed by atoms with E-state index >= 15 is 0 Å². The summed E-state index contributed by atoms with van der Waals surface area (Å²) in [4.78, 5) is 12.5. The Labute approximate surface area is 128 Å². The minimum Gasteiger partial charge on any atom is -0.350 e. The molecular formula is C16H21BrN2O. The van der Waals surface area contributed by atoms with Crippen molar-refractivity contribution >= 4 is 32.6 Å². The molecular weight excluding hydrogens is 316 g/mol. The van der Waals surface area contributed by atoms with Crippen molar-refractivity contribution in [3.05, 3.63) is 34.4 Å². The zero-order valence-electron chi connectivity index (χ0n) is 12.2. The van der Waals surface area contributed by atoms with Gasteiger partial charge in [-0.1, -0.05) is 35.8 Å². The summed E-state index contributed by atoms with van der Waals surface area (Å²) in [6.07, 6.45) is 3.98. The van der Waals surface area contributed by atoms with Crippen molar-refractivity contribution in [2.45, 2.75) is 32.7 Å². The van der Waals surface area contributed by atoms with E-state index < -0.39 is 0 Å². The van der Waals surface area contributed by atoms with Crippen molar-refractivity contribution in [2.24, 2.45) is 7.05 Å². The molecule has 2 aromatic rings. The van der Waals surface area contributed by atoms with Gasteiger partial charge in [0.1, 0.15) is 0 Å². The summed E-state index contributed by atoms with van der Waals surface area (Å²) < 4.78 is 3.05. The minimum atomic E-state index is -0.000697. The van der Waals surface area contributed by atoms with Crippen LogP contribution in [0.1, 0.15) is 37.0 Å². The number of ketones is 1. The summed E-state index contributed by atoms with van der Waals surface area (Å²) >= 11 is 3.47. The average Bonchev–Trinajstić information content (AvgIpc) is 3.09. The van der Waals surface area contributed by atoms with Crippen LogP contribution >= 0.6 is 15.9 Å². The van der Waals surface area contributed by atoms with Crippen molar-refractivity contribution in [1.82, 2.24) is 9.88 Å². The Balaban J connectivity index is 0.000000704. The number of benzene rings is 1. The van der Waals surface area contributed by atoms with E-state index in [2.05, 4.69) is 21.2 Å². The number of aryl methyl sites for hydroxylation is 1. The molecule has 0 radical (unpaired) electrons. The smallest absolute Gasteiger partial charge is 0.181 e. The molecule has 2 heterocycles. The van der Waals surface area contributed by atoms with Gasteiger partial charge < -0.3 is 9.88 Å². The third kappa shape index (κ3) is 2.81. The Kier molecular flexibility index (Phi) is 5.00. The van der Waals surface area contributed by atoms with Crippen LogP contribution in [0.5, 0.6) is 0 Å². The van der Waals surface area contributed by atoms with E-state index in [0.29, 0.717) is 0 Å². The summed E-state index contributed by atoms with van der Waals surface area (Å²) in [5.74, 6) is 0.223. The lowest BCUT2D eigenvalue weighted by molar-refractivity contribution is 0.0954. The van der Waals surface area contributed by atoms with Gasteiger partial charge >= 0.3 is 0 Å². The Morgan fingerprint density at radius 1 is 1.40 bits per heavy atom. The van der Waals surface area contributed by atoms with Gasteiger partial charge in [0.05, 0.1) is 6.04 Å². The molecule has 3 rings (SSSR count). The second-order valence-corrected chi connectivity index (χ2v) is 5.74. The molecule has 0 saturated carbocycles. The first-order chi connectivity index (χ1) is 9.66. The molecule has 0 amide bonds. The number of carbonyl (C=O) groups excluding carboxylic acids is 1. The van der Waals surface area contributed by atoms with Crippen LogP contribution in [0.15, 0.2) is 28.9 Å². The summed E-state index contributed by atoms with van der Waals surface area (Å²) in [7, 11) is 1.98. The van der Waals surface area contributed by atoms with Crippen molar-refractivity contribution in [3.8, 4) is 0 Å². The quantitative estimate of drug-likeness (QED) is 0.844. The SMILES string of the molecule is CC.Cn1cc(C(=O)C2CCCN2)c2ccc(Br)cc21. The van der Waals surface area contributed by atoms with Gasteiger partial charge in [0.15, 0.2) is 5.78 Å². The number of nitrogens with one attached hydrogen (secondary N) is 1. The summed E-state index contributed by atoms with van der Waals surface area (Å²) in [5.41, 5.74) is 1.92. The fraction of sp³-hybridized carbons (Fsp3) is 0.438. The van der Waals surface area contributed by atoms with Gasteiger partial charge in [-0.3, -0.25) is 4.79 Å². The molecule has 1 aromatic heterocycles. The van der Waals surface area contributed by atoms with Crippen molar-refractivity contribution in [1.29, 1.82) is 0 Å². The van der Waals surface area contributed by atoms with Gasteiger partial charge in [0.25, 0.3) is 0 Å². The average molecular weight is 337 g/mol. The van der Waals surface area contributed by atoms with Crippen LogP contribution in [0.2, 0.25) is 0 Å². The topological polar surface area (TPSA) is 34.0 Å². The highest BCUT2D eigenvalue weighted by atomic mass is 79.9. The number of Topliss-reactive ketones (excluding diaryl/α,β-unsaturated/α-hetero) is 1. The molecule has 20 heavy (non-hydrogen) atoms. The first-order valence-corrected chi connectivity index (χ1v) is 7.98. The van der Waals surface area contributed by atoms with Gasteiger partial charge in [-0.2, -0.15) is 0 Å². The van der Waals surface area contributed by atoms with Crippen molar-refractivity contribution in [3.63, 3.8) is 0 Å². The Bertz CT molecular complexity index is 612. The predicted molar refractivity (Wildman–Crippen MR) is 87.3 cm³/mol. The molecule has 0 bridgehead atoms. The molecule has 108 valence electrons. The maximum absolute atomic E-state index is 12.5. The van der Waals surface area contributed by atoms with Crippen LogP contribution < -0.4 is 5.32 Å². The Morgan fingerprint density at radius 3 is 2.80 bits per heavy atom. The van der Waals surface area contributed by atoms with Crippen molar-refractivity contribution < 1.29 is 4.79 Å². The van der Waals surface area contributed by atoms with E-state index in [-0.39, 0.29) is 11.8 Å². The van der Waals surface area contributed by atoms with E-state index in [1.165, 1.54) is 0 Å². The number of nitrogens with zero attached hydrogens (tertiary/aromatic N) is 1. The lowest BCUT2D eigenvalue weighted by Crippen LogP contribution is -2.30. The van der Waals surface area contributed by atoms with Crippen LogP contribution in [0, 0.1) is 0 Å². The number of fused-ring (bicyclic) bond motifs is 1. The minimum absolute atomic E-state index is 0.000697. The summed E-state index contributed by atoms with van der Waals surface area (Å²) in [6, 6.07) is 6.05. The van der Waals surface area contributed by atoms with E-state index in [1.54, 1.807) is 0 Å². The lowest BCUT2D eigenvalue weighted by atomic mass is 10.0. The fourth-order valence-corrected chi connectivity index (χ4v) is 3.00. The largest absolute Gasteiger partial charge is 0.350 e. The molecule has 1 N–H and O–H groups in total. The molecule has 0 aliphatic carbocycles. The summed E-state index contributed by atoms with van der Waals surface area (Å²) in [6.45, 7) is 4.95. The van der Waals surface area contributed by atoms with Gasteiger partial charge in [-0.05, 0) is 31.5 Å². The second kappa shape index (κ2) is 6.55. The molecule has 0 spiro atoms. The highest BCUT2D eigenvalue weighted by Crippen LogP contribution is 2.26. The van der Waals surface area contributed by atoms with Gasteiger partial charge in [0, 0.05) is 34.2 Å². The zero-order chi connectivity index (χ0) is 14.7. The Morgan fingerprint density at radius 2 is 2.15 bits per heavy atom. The molecule has 3 nitrogen and oxygen atoms in total. The maximum Gasteiger partial charge on any atom is 0.181 e. The van der Waals surface area contributed by atoms with Crippen LogP contribution in [-0.2, 0) is 7.05 Å². The highest BCUT2D eigenvalue weighted by Gasteiger charge is 2.25. The van der Waals surface area contributed by atoms with Gasteiger partial charge in [-0.25, -0.2) is 0 Å². The summed E-state index contributed by atoms with van der Waals surface area (Å²) in [5, 5.41) is 4.31. The van der Waals surface area contributed by atoms with E-state index in [9.17, 15) is 4.79 Å². The molecule has 1 unspecified atom stereocenters. The first kappa shape index (κ1) is 15.3. The standard InChI is InChI=1S/C14H15BrN2O.C2H6/c1-17-8-11(14(18)12-3-2-6-16-12)10-5-4-9(15)7-13(10)17;1-2/h4-5,7-8,12,16H,2-3,6H2,1H3;1-2H3. The second-order valence-electron chi connectivity index (χ2n) is 4.83. The van der Waals surface area contributed by atoms with Gasteiger partial charge in [0.2, 0.25) is 0 Å². The van der Waals surface area contributed by atoms with Crippen LogP contribution in [-0.4, -0.2) is 22.9 Å². The number of aromatic nitrogens is 1. The van der Waals surface area contributed by atoms with E-state index in [0.717, 1.165) is 40.3 Å². The van der Waals surface area contributed by atoms with Crippen LogP contribution in [0.4, 0.5) is 0 Å². The Hall–Kier alpha value is -1.13. The maximum atomic E-state index is 12.5. The van der Waals surface area contributed by atoms with E-state index in [1.807, 2.05) is 49.9 Å². The molecule has 1 atom stereocenters. The van der Waals surface area contributed by atoms with Crippen LogP contribution in [0.25, 0.3) is 10.9 Å². The predicted octanol–water partition coefficient (Wildman–Crippen LogP) is 3.90. The number of hydrogen-bond donors (Lipinski definition) is 1.